The molecule has 1 atom stereocenters. The summed E-state index contributed by atoms with van der Waals surface area (Å²) in [6.07, 6.45) is 1.37. The summed E-state index contributed by atoms with van der Waals surface area (Å²) in [6, 6.07) is 16.0. The maximum atomic E-state index is 12.5. The van der Waals surface area contributed by atoms with Crippen molar-refractivity contribution < 1.29 is 19.4 Å². The Bertz CT molecular complexity index is 787. The van der Waals surface area contributed by atoms with Crippen LogP contribution < -0.4 is 5.73 Å². The van der Waals surface area contributed by atoms with Crippen molar-refractivity contribution in [2.75, 3.05) is 6.61 Å². The fourth-order valence-corrected chi connectivity index (χ4v) is 3.48. The van der Waals surface area contributed by atoms with Gasteiger partial charge in [-0.25, -0.2) is 9.59 Å². The average molecular weight is 353 g/mol. The van der Waals surface area contributed by atoms with Gasteiger partial charge in [-0.05, 0) is 28.7 Å². The minimum absolute atomic E-state index is 0.0650. The summed E-state index contributed by atoms with van der Waals surface area (Å²) in [5.41, 5.74) is 8.27. The lowest BCUT2D eigenvalue weighted by Crippen LogP contribution is -2.56. The minimum atomic E-state index is -1.99. The molecule has 2 aromatic carbocycles. The first-order chi connectivity index (χ1) is 12.5. The summed E-state index contributed by atoms with van der Waals surface area (Å²) in [6.45, 7) is 1.99. The van der Waals surface area contributed by atoms with E-state index < -0.39 is 17.5 Å². The lowest BCUT2D eigenvalue weighted by Gasteiger charge is -2.24. The number of rotatable bonds is 7. The van der Waals surface area contributed by atoms with Crippen LogP contribution in [0.1, 0.15) is 43.2 Å². The van der Waals surface area contributed by atoms with Crippen molar-refractivity contribution in [2.45, 2.75) is 37.6 Å². The van der Waals surface area contributed by atoms with Gasteiger partial charge in [0.05, 0.1) is 0 Å². The molecule has 0 heterocycles. The summed E-state index contributed by atoms with van der Waals surface area (Å²) in [7, 11) is 0. The Hall–Kier alpha value is -2.66. The molecule has 1 aliphatic rings. The molecule has 136 valence electrons. The van der Waals surface area contributed by atoms with Crippen molar-refractivity contribution in [1.82, 2.24) is 0 Å². The van der Waals surface area contributed by atoms with Gasteiger partial charge >= 0.3 is 11.9 Å². The Morgan fingerprint density at radius 2 is 1.62 bits per heavy atom. The third kappa shape index (κ3) is 3.10. The smallest absolute Gasteiger partial charge is 0.337 e. The van der Waals surface area contributed by atoms with E-state index in [9.17, 15) is 14.7 Å². The lowest BCUT2D eigenvalue weighted by atomic mass is 9.93. The van der Waals surface area contributed by atoms with Crippen LogP contribution in [0.25, 0.3) is 11.1 Å². The molecule has 0 amide bonds. The van der Waals surface area contributed by atoms with Crippen molar-refractivity contribution in [1.29, 1.82) is 0 Å². The van der Waals surface area contributed by atoms with E-state index in [2.05, 4.69) is 0 Å². The van der Waals surface area contributed by atoms with Gasteiger partial charge in [-0.2, -0.15) is 0 Å². The van der Waals surface area contributed by atoms with E-state index in [0.717, 1.165) is 28.7 Å². The maximum absolute atomic E-state index is 12.5. The second-order valence-electron chi connectivity index (χ2n) is 6.71. The summed E-state index contributed by atoms with van der Waals surface area (Å²) < 4.78 is 5.42. The third-order valence-corrected chi connectivity index (χ3v) is 5.01. The number of benzene rings is 2. The molecule has 5 nitrogen and oxygen atoms in total. The summed E-state index contributed by atoms with van der Waals surface area (Å²) >= 11 is 0. The zero-order valence-electron chi connectivity index (χ0n) is 14.8. The largest absolute Gasteiger partial charge is 0.479 e. The SMILES string of the molecule is CCCCC(N)(C(=O)O)C(=O)OCC1c2ccccc2-c2ccccc21. The zero-order valence-corrected chi connectivity index (χ0v) is 14.8. The molecule has 0 saturated heterocycles. The number of hydrogen-bond acceptors (Lipinski definition) is 4. The normalized spacial score (nSPS) is 15.0. The molecule has 5 heteroatoms. The highest BCUT2D eigenvalue weighted by Crippen LogP contribution is 2.44. The predicted octanol–water partition coefficient (Wildman–Crippen LogP) is 3.31. The van der Waals surface area contributed by atoms with Crippen LogP contribution in [-0.4, -0.2) is 29.2 Å². The number of esters is 1. The summed E-state index contributed by atoms with van der Waals surface area (Å²) in [5, 5.41) is 9.41. The molecule has 0 spiro atoms. The number of nitrogens with two attached hydrogens (primary N) is 1. The van der Waals surface area contributed by atoms with Gasteiger partial charge < -0.3 is 15.6 Å². The Balaban J connectivity index is 1.81. The second kappa shape index (κ2) is 7.30. The predicted molar refractivity (Wildman–Crippen MR) is 98.8 cm³/mol. The van der Waals surface area contributed by atoms with Crippen LogP contribution in [0.15, 0.2) is 48.5 Å². The monoisotopic (exact) mass is 353 g/mol. The molecule has 3 rings (SSSR count). The van der Waals surface area contributed by atoms with E-state index in [4.69, 9.17) is 10.5 Å². The van der Waals surface area contributed by atoms with Crippen LogP contribution in [0.4, 0.5) is 0 Å². The molecule has 3 N–H and O–H groups in total. The number of hydrogen-bond donors (Lipinski definition) is 2. The topological polar surface area (TPSA) is 89.6 Å². The van der Waals surface area contributed by atoms with Crippen molar-refractivity contribution in [3.63, 3.8) is 0 Å². The Kier molecular flexibility index (Phi) is 5.09. The van der Waals surface area contributed by atoms with Crippen molar-refractivity contribution in [2.24, 2.45) is 5.73 Å². The number of fused-ring (bicyclic) bond motifs is 3. The van der Waals surface area contributed by atoms with Gasteiger partial charge in [0.15, 0.2) is 0 Å². The van der Waals surface area contributed by atoms with Crippen LogP contribution in [-0.2, 0) is 14.3 Å². The maximum Gasteiger partial charge on any atom is 0.337 e. The van der Waals surface area contributed by atoms with Gasteiger partial charge in [0.2, 0.25) is 5.54 Å². The van der Waals surface area contributed by atoms with Crippen LogP contribution in [0.5, 0.6) is 0 Å². The highest BCUT2D eigenvalue weighted by atomic mass is 16.5. The third-order valence-electron chi connectivity index (χ3n) is 5.01. The Morgan fingerprint density at radius 3 is 2.12 bits per heavy atom. The van der Waals surface area contributed by atoms with Crippen LogP contribution >= 0.6 is 0 Å². The van der Waals surface area contributed by atoms with Crippen LogP contribution in [0, 0.1) is 0 Å². The lowest BCUT2D eigenvalue weighted by molar-refractivity contribution is -0.161. The van der Waals surface area contributed by atoms with Crippen molar-refractivity contribution >= 4 is 11.9 Å². The first-order valence-electron chi connectivity index (χ1n) is 8.86. The quantitative estimate of drug-likeness (QED) is 0.589. The fourth-order valence-electron chi connectivity index (χ4n) is 3.48. The van der Waals surface area contributed by atoms with E-state index in [1.165, 1.54) is 0 Å². The van der Waals surface area contributed by atoms with Crippen molar-refractivity contribution in [3.8, 4) is 11.1 Å². The second-order valence-corrected chi connectivity index (χ2v) is 6.71. The average Bonchev–Trinajstić information content (AvgIpc) is 2.98. The van der Waals surface area contributed by atoms with Gasteiger partial charge in [-0.1, -0.05) is 68.3 Å². The molecule has 1 aliphatic carbocycles. The standard InChI is InChI=1S/C21H23NO4/c1-2-3-12-21(22,19(23)24)20(25)26-13-18-16-10-6-4-8-14(16)15-9-5-7-11-17(15)18/h4-11,18H,2-3,12-13,22H2,1H3,(H,23,24). The highest BCUT2D eigenvalue weighted by Gasteiger charge is 2.44. The number of aliphatic carboxylic acids is 1. The molecule has 1 unspecified atom stereocenters. The highest BCUT2D eigenvalue weighted by molar-refractivity contribution is 6.03. The molecule has 0 fully saturated rings. The Morgan fingerprint density at radius 1 is 1.08 bits per heavy atom. The molecular formula is C21H23NO4. The van der Waals surface area contributed by atoms with E-state index in [-0.39, 0.29) is 18.9 Å². The van der Waals surface area contributed by atoms with E-state index in [1.54, 1.807) is 0 Å². The number of unbranched alkanes of at least 4 members (excludes halogenated alkanes) is 1. The van der Waals surface area contributed by atoms with Gasteiger partial charge in [0.25, 0.3) is 0 Å². The van der Waals surface area contributed by atoms with Gasteiger partial charge in [0.1, 0.15) is 6.61 Å². The molecule has 26 heavy (non-hydrogen) atoms. The fraction of sp³-hybridized carbons (Fsp3) is 0.333. The van der Waals surface area contributed by atoms with Gasteiger partial charge in [-0.15, -0.1) is 0 Å². The number of carboxylic acids is 1. The zero-order chi connectivity index (χ0) is 18.7. The molecular weight excluding hydrogens is 330 g/mol. The van der Waals surface area contributed by atoms with Crippen LogP contribution in [0.2, 0.25) is 0 Å². The molecule has 2 aromatic rings. The summed E-state index contributed by atoms with van der Waals surface area (Å²) in [5.74, 6) is -2.33. The summed E-state index contributed by atoms with van der Waals surface area (Å²) in [4.78, 5) is 24.0. The number of carbonyl (C=O) groups excluding carboxylic acids is 1. The first kappa shape index (κ1) is 18.1. The molecule has 0 radical (unpaired) electrons. The molecule has 0 saturated carbocycles. The first-order valence-corrected chi connectivity index (χ1v) is 8.86. The van der Waals surface area contributed by atoms with Crippen LogP contribution in [0.3, 0.4) is 0 Å². The van der Waals surface area contributed by atoms with Gasteiger partial charge in [-0.3, -0.25) is 0 Å². The Labute approximate surface area is 152 Å². The van der Waals surface area contributed by atoms with Crippen molar-refractivity contribution in [3.05, 3.63) is 59.7 Å². The van der Waals surface area contributed by atoms with E-state index >= 15 is 0 Å². The molecule has 0 bridgehead atoms. The molecule has 0 aromatic heterocycles. The van der Waals surface area contributed by atoms with Gasteiger partial charge in [0, 0.05) is 5.92 Å². The molecule has 0 aliphatic heterocycles. The number of carbonyl (C=O) groups is 2. The van der Waals surface area contributed by atoms with E-state index in [0.29, 0.717) is 6.42 Å². The number of carboxylic acid groups (broad SMARTS) is 1. The minimum Gasteiger partial charge on any atom is -0.479 e. The number of ether oxygens (including phenoxy) is 1. The van der Waals surface area contributed by atoms with E-state index in [1.807, 2.05) is 55.5 Å².